The minimum atomic E-state index is -0.467. The summed E-state index contributed by atoms with van der Waals surface area (Å²) in [5.74, 6) is 0.0753. The Morgan fingerprint density at radius 3 is 2.38 bits per heavy atom. The minimum absolute atomic E-state index is 0.0161. The number of hydrogen-bond acceptors (Lipinski definition) is 4. The third kappa shape index (κ3) is 4.25. The number of nitrogens with one attached hydrogen (secondary N) is 1. The Morgan fingerprint density at radius 2 is 1.79 bits per heavy atom. The number of rotatable bonds is 5. The number of carbonyl (C=O) groups is 1. The topological polar surface area (TPSA) is 84.6 Å². The predicted octanol–water partition coefficient (Wildman–Crippen LogP) is 3.87. The average molecular weight is 325 g/mol. The van der Waals surface area contributed by atoms with Crippen molar-refractivity contribution in [1.82, 2.24) is 5.43 Å². The molecule has 0 aliphatic heterocycles. The molecule has 0 unspecified atom stereocenters. The predicted molar refractivity (Wildman–Crippen MR) is 93.3 cm³/mol. The molecule has 0 aliphatic carbocycles. The highest BCUT2D eigenvalue weighted by Gasteiger charge is 2.09. The number of hydrogen-bond donors (Lipinski definition) is 1. The molecule has 1 amide bonds. The van der Waals surface area contributed by atoms with E-state index in [4.69, 9.17) is 0 Å². The van der Waals surface area contributed by atoms with Crippen molar-refractivity contribution in [2.24, 2.45) is 5.10 Å². The number of amides is 1. The molecular formula is C18H19N3O3. The summed E-state index contributed by atoms with van der Waals surface area (Å²) in [6.07, 6.45) is 0. The molecule has 1 N–H and O–H groups in total. The van der Waals surface area contributed by atoms with Crippen molar-refractivity contribution in [1.29, 1.82) is 0 Å². The van der Waals surface area contributed by atoms with Crippen LogP contribution in [0.15, 0.2) is 53.6 Å². The zero-order valence-electron chi connectivity index (χ0n) is 13.8. The van der Waals surface area contributed by atoms with Crippen molar-refractivity contribution >= 4 is 17.3 Å². The molecule has 0 radical (unpaired) electrons. The van der Waals surface area contributed by atoms with E-state index in [2.05, 4.69) is 24.4 Å². The molecule has 0 spiro atoms. The van der Waals surface area contributed by atoms with Crippen molar-refractivity contribution in [2.45, 2.75) is 26.7 Å². The summed E-state index contributed by atoms with van der Waals surface area (Å²) in [7, 11) is 0. The number of non-ortho nitro benzene ring substituents is 1. The molecule has 6 nitrogen and oxygen atoms in total. The van der Waals surface area contributed by atoms with E-state index in [0.717, 1.165) is 5.56 Å². The van der Waals surface area contributed by atoms with Crippen LogP contribution in [-0.4, -0.2) is 16.5 Å². The highest BCUT2D eigenvalue weighted by atomic mass is 16.6. The first-order valence-electron chi connectivity index (χ1n) is 7.58. The summed E-state index contributed by atoms with van der Waals surface area (Å²) in [5, 5.41) is 14.8. The molecule has 0 bridgehead atoms. The number of nitro benzene ring substituents is 1. The van der Waals surface area contributed by atoms with Gasteiger partial charge in [0.05, 0.1) is 10.6 Å². The van der Waals surface area contributed by atoms with Gasteiger partial charge in [0.25, 0.3) is 11.6 Å². The van der Waals surface area contributed by atoms with E-state index >= 15 is 0 Å². The quantitative estimate of drug-likeness (QED) is 0.514. The molecule has 0 aromatic heterocycles. The summed E-state index contributed by atoms with van der Waals surface area (Å²) in [5.41, 5.74) is 5.20. The molecule has 24 heavy (non-hydrogen) atoms. The number of nitrogens with zero attached hydrogens (tertiary/aromatic N) is 2. The van der Waals surface area contributed by atoms with Gasteiger partial charge in [-0.25, -0.2) is 5.43 Å². The van der Waals surface area contributed by atoms with E-state index in [0.29, 0.717) is 22.8 Å². The van der Waals surface area contributed by atoms with E-state index in [1.165, 1.54) is 12.1 Å². The van der Waals surface area contributed by atoms with Crippen molar-refractivity contribution in [3.63, 3.8) is 0 Å². The van der Waals surface area contributed by atoms with Crippen LogP contribution in [0.3, 0.4) is 0 Å². The van der Waals surface area contributed by atoms with Gasteiger partial charge in [-0.3, -0.25) is 14.9 Å². The van der Waals surface area contributed by atoms with Crippen LogP contribution in [-0.2, 0) is 0 Å². The monoisotopic (exact) mass is 325 g/mol. The molecule has 2 aromatic carbocycles. The molecule has 0 aliphatic rings. The van der Waals surface area contributed by atoms with Crippen LogP contribution in [0, 0.1) is 10.1 Å². The van der Waals surface area contributed by atoms with Gasteiger partial charge >= 0.3 is 0 Å². The summed E-state index contributed by atoms with van der Waals surface area (Å²) >= 11 is 0. The first kappa shape index (κ1) is 17.3. The highest BCUT2D eigenvalue weighted by Crippen LogP contribution is 2.15. The fraction of sp³-hybridized carbons (Fsp3) is 0.222. The van der Waals surface area contributed by atoms with Crippen LogP contribution in [0.25, 0.3) is 0 Å². The lowest BCUT2D eigenvalue weighted by Crippen LogP contribution is -2.19. The molecule has 124 valence electrons. The third-order valence-electron chi connectivity index (χ3n) is 3.64. The molecule has 0 saturated carbocycles. The van der Waals surface area contributed by atoms with Gasteiger partial charge in [-0.15, -0.1) is 0 Å². The molecule has 0 heterocycles. The van der Waals surface area contributed by atoms with Crippen LogP contribution >= 0.6 is 0 Å². The van der Waals surface area contributed by atoms with Crippen molar-refractivity contribution < 1.29 is 9.72 Å². The van der Waals surface area contributed by atoms with Gasteiger partial charge in [0.2, 0.25) is 0 Å². The number of nitro groups is 1. The molecule has 0 fully saturated rings. The zero-order valence-corrected chi connectivity index (χ0v) is 13.8. The fourth-order valence-corrected chi connectivity index (χ4v) is 2.13. The van der Waals surface area contributed by atoms with Crippen molar-refractivity contribution in [2.75, 3.05) is 0 Å². The first-order chi connectivity index (χ1) is 11.4. The van der Waals surface area contributed by atoms with E-state index < -0.39 is 4.92 Å². The maximum absolute atomic E-state index is 12.1. The number of hydrazone groups is 1. The number of carbonyl (C=O) groups excluding carboxylic acids is 1. The van der Waals surface area contributed by atoms with E-state index in [1.54, 1.807) is 31.2 Å². The Labute approximate surface area is 140 Å². The molecular weight excluding hydrogens is 306 g/mol. The van der Waals surface area contributed by atoms with Gasteiger partial charge in [-0.2, -0.15) is 5.10 Å². The van der Waals surface area contributed by atoms with Crippen LogP contribution in [0.4, 0.5) is 5.69 Å². The maximum Gasteiger partial charge on any atom is 0.271 e. The average Bonchev–Trinajstić information content (AvgIpc) is 2.59. The van der Waals surface area contributed by atoms with Gasteiger partial charge in [-0.1, -0.05) is 38.1 Å². The summed E-state index contributed by atoms with van der Waals surface area (Å²) in [4.78, 5) is 22.4. The fourth-order valence-electron chi connectivity index (χ4n) is 2.13. The molecule has 6 heteroatoms. The Balaban J connectivity index is 2.10. The highest BCUT2D eigenvalue weighted by molar-refractivity contribution is 6.01. The summed E-state index contributed by atoms with van der Waals surface area (Å²) in [6.45, 7) is 5.85. The van der Waals surface area contributed by atoms with Crippen molar-refractivity contribution in [3.8, 4) is 0 Å². The number of benzene rings is 2. The van der Waals surface area contributed by atoms with Crippen LogP contribution in [0.2, 0.25) is 0 Å². The second kappa shape index (κ2) is 7.50. The lowest BCUT2D eigenvalue weighted by molar-refractivity contribution is -0.384. The maximum atomic E-state index is 12.1. The van der Waals surface area contributed by atoms with E-state index in [9.17, 15) is 14.9 Å². The Bertz CT molecular complexity index is 780. The largest absolute Gasteiger partial charge is 0.271 e. The standard InChI is InChI=1S/C18H19N3O3/c1-12(2)14-7-9-15(10-8-14)18(22)20-19-13(3)16-5-4-6-17(11-16)21(23)24/h4-12H,1-3H3,(H,20,22). The lowest BCUT2D eigenvalue weighted by atomic mass is 10.0. The van der Waals surface area contributed by atoms with Gasteiger partial charge in [-0.05, 0) is 30.5 Å². The SMILES string of the molecule is CC(=NNC(=O)c1ccc(C(C)C)cc1)c1cccc([N+](=O)[O-])c1. The first-order valence-corrected chi connectivity index (χ1v) is 7.58. The van der Waals surface area contributed by atoms with Crippen LogP contribution in [0.5, 0.6) is 0 Å². The molecule has 2 rings (SSSR count). The molecule has 2 aromatic rings. The van der Waals surface area contributed by atoms with Crippen LogP contribution in [0.1, 0.15) is 48.2 Å². The van der Waals surface area contributed by atoms with Gasteiger partial charge in [0, 0.05) is 23.3 Å². The summed E-state index contributed by atoms with van der Waals surface area (Å²) in [6, 6.07) is 13.4. The van der Waals surface area contributed by atoms with Gasteiger partial charge in [0.1, 0.15) is 0 Å². The lowest BCUT2D eigenvalue weighted by Gasteiger charge is -2.06. The van der Waals surface area contributed by atoms with Gasteiger partial charge in [0.15, 0.2) is 0 Å². The summed E-state index contributed by atoms with van der Waals surface area (Å²) < 4.78 is 0. The molecule has 0 atom stereocenters. The Kier molecular flexibility index (Phi) is 5.42. The minimum Gasteiger partial charge on any atom is -0.267 e. The zero-order chi connectivity index (χ0) is 17.7. The smallest absolute Gasteiger partial charge is 0.267 e. The van der Waals surface area contributed by atoms with Crippen LogP contribution < -0.4 is 5.43 Å². The van der Waals surface area contributed by atoms with Gasteiger partial charge < -0.3 is 0 Å². The Morgan fingerprint density at radius 1 is 1.12 bits per heavy atom. The third-order valence-corrected chi connectivity index (χ3v) is 3.64. The second-order valence-electron chi connectivity index (χ2n) is 5.72. The van der Waals surface area contributed by atoms with Crippen molar-refractivity contribution in [3.05, 3.63) is 75.3 Å². The second-order valence-corrected chi connectivity index (χ2v) is 5.72. The van der Waals surface area contributed by atoms with E-state index in [1.807, 2.05) is 12.1 Å². The molecule has 0 saturated heterocycles. The normalized spacial score (nSPS) is 11.4. The Hall–Kier alpha value is -3.02. The van der Waals surface area contributed by atoms with E-state index in [-0.39, 0.29) is 11.6 Å².